The Labute approximate surface area is 160 Å². The van der Waals surface area contributed by atoms with Gasteiger partial charge in [0.2, 0.25) is 5.09 Å². The maximum atomic E-state index is 13.9. The zero-order valence-electron chi connectivity index (χ0n) is 14.7. The maximum Gasteiger partial charge on any atom is 0.288 e. The minimum Gasteiger partial charge on any atom is -0.438 e. The summed E-state index contributed by atoms with van der Waals surface area (Å²) in [5.41, 5.74) is -0.218. The van der Waals surface area contributed by atoms with Gasteiger partial charge in [0.1, 0.15) is 17.7 Å². The first-order valence-electron chi connectivity index (χ1n) is 8.58. The lowest BCUT2D eigenvalue weighted by atomic mass is 10.1. The van der Waals surface area contributed by atoms with Crippen molar-refractivity contribution in [2.45, 2.75) is 30.4 Å². The second-order valence-corrected chi connectivity index (χ2v) is 8.15. The summed E-state index contributed by atoms with van der Waals surface area (Å²) in [4.78, 5) is 12.3. The Morgan fingerprint density at radius 1 is 1.18 bits per heavy atom. The highest BCUT2D eigenvalue weighted by Crippen LogP contribution is 2.23. The minimum atomic E-state index is -3.85. The number of furan rings is 1. The molecule has 1 aromatic carbocycles. The second kappa shape index (κ2) is 8.08. The molecular weight excluding hydrogens is 392 g/mol. The molecule has 2 aromatic rings. The number of nitrogens with one attached hydrogen (secondary N) is 1. The summed E-state index contributed by atoms with van der Waals surface area (Å²) in [6, 6.07) is 5.25. The van der Waals surface area contributed by atoms with E-state index in [2.05, 4.69) is 5.32 Å². The van der Waals surface area contributed by atoms with Crippen LogP contribution in [0.25, 0.3) is 0 Å². The molecule has 1 saturated heterocycles. The number of piperidine rings is 1. The van der Waals surface area contributed by atoms with Crippen molar-refractivity contribution in [2.75, 3.05) is 13.1 Å². The van der Waals surface area contributed by atoms with Gasteiger partial charge in [0, 0.05) is 24.7 Å². The van der Waals surface area contributed by atoms with Crippen molar-refractivity contribution in [1.82, 2.24) is 9.62 Å². The maximum absolute atomic E-state index is 13.9. The number of nitriles is 1. The van der Waals surface area contributed by atoms with Crippen LogP contribution >= 0.6 is 0 Å². The molecule has 2 heterocycles. The smallest absolute Gasteiger partial charge is 0.288 e. The number of benzene rings is 1. The molecule has 0 spiro atoms. The molecule has 1 N–H and O–H groups in total. The number of hydrogen-bond donors (Lipinski definition) is 1. The summed E-state index contributed by atoms with van der Waals surface area (Å²) in [7, 11) is -3.85. The van der Waals surface area contributed by atoms with Gasteiger partial charge in [0.05, 0.1) is 6.07 Å². The van der Waals surface area contributed by atoms with Crippen LogP contribution in [0.5, 0.6) is 0 Å². The fourth-order valence-electron chi connectivity index (χ4n) is 2.93. The van der Waals surface area contributed by atoms with E-state index in [9.17, 15) is 27.3 Å². The minimum absolute atomic E-state index is 0.218. The molecule has 10 heteroatoms. The lowest BCUT2D eigenvalue weighted by Crippen LogP contribution is -2.35. The third-order valence-electron chi connectivity index (χ3n) is 4.39. The molecule has 28 heavy (non-hydrogen) atoms. The van der Waals surface area contributed by atoms with Crippen molar-refractivity contribution in [3.8, 4) is 6.07 Å². The summed E-state index contributed by atoms with van der Waals surface area (Å²) in [5, 5.41) is 11.1. The third-order valence-corrected chi connectivity index (χ3v) is 6.17. The van der Waals surface area contributed by atoms with E-state index < -0.39 is 33.6 Å². The fraction of sp³-hybridized carbons (Fsp3) is 0.333. The summed E-state index contributed by atoms with van der Waals surface area (Å²) in [6.45, 7) is 0.760. The zero-order chi connectivity index (χ0) is 20.3. The van der Waals surface area contributed by atoms with E-state index in [0.717, 1.165) is 31.4 Å². The average molecular weight is 409 g/mol. The van der Waals surface area contributed by atoms with E-state index in [1.54, 1.807) is 6.07 Å². The molecule has 148 valence electrons. The van der Waals surface area contributed by atoms with Gasteiger partial charge in [-0.2, -0.15) is 9.57 Å². The quantitative estimate of drug-likeness (QED) is 0.818. The van der Waals surface area contributed by atoms with Crippen molar-refractivity contribution >= 4 is 15.9 Å². The highest BCUT2D eigenvalue weighted by Gasteiger charge is 2.30. The van der Waals surface area contributed by atoms with Crippen LogP contribution in [0.15, 0.2) is 39.8 Å². The molecule has 1 aliphatic rings. The third kappa shape index (κ3) is 4.05. The van der Waals surface area contributed by atoms with Crippen LogP contribution in [-0.4, -0.2) is 31.7 Å². The monoisotopic (exact) mass is 409 g/mol. The Kier molecular flexibility index (Phi) is 5.76. The summed E-state index contributed by atoms with van der Waals surface area (Å²) in [5.74, 6) is -3.03. The molecule has 0 aliphatic carbocycles. The van der Waals surface area contributed by atoms with Crippen LogP contribution in [0.3, 0.4) is 0 Å². The van der Waals surface area contributed by atoms with Gasteiger partial charge in [0.15, 0.2) is 5.76 Å². The van der Waals surface area contributed by atoms with Gasteiger partial charge in [-0.15, -0.1) is 0 Å². The molecule has 1 aliphatic heterocycles. The number of carbonyl (C=O) groups excluding carboxylic acids is 1. The molecule has 7 nitrogen and oxygen atoms in total. The van der Waals surface area contributed by atoms with Crippen LogP contribution in [-0.2, 0) is 10.0 Å². The molecule has 0 bridgehead atoms. The number of carbonyl (C=O) groups is 1. The second-order valence-electron chi connectivity index (χ2n) is 6.28. The molecule has 1 atom stereocenters. The fourth-order valence-corrected chi connectivity index (χ4v) is 4.36. The number of hydrogen-bond acceptors (Lipinski definition) is 5. The number of sulfonamides is 1. The SMILES string of the molecule is N#CC(NC(=O)c1ccc(S(=O)(=O)N2CCCCC2)o1)c1ccc(F)cc1F. The van der Waals surface area contributed by atoms with Crippen molar-refractivity contribution in [3.63, 3.8) is 0 Å². The van der Waals surface area contributed by atoms with Gasteiger partial charge in [-0.25, -0.2) is 17.2 Å². The summed E-state index contributed by atoms with van der Waals surface area (Å²) >= 11 is 0. The van der Waals surface area contributed by atoms with E-state index >= 15 is 0 Å². The molecule has 3 rings (SSSR count). The molecule has 0 radical (unpaired) electrons. The van der Waals surface area contributed by atoms with Gasteiger partial charge in [-0.3, -0.25) is 4.79 Å². The molecular formula is C18H17F2N3O4S. The van der Waals surface area contributed by atoms with E-state index in [0.29, 0.717) is 19.2 Å². The van der Waals surface area contributed by atoms with E-state index in [-0.39, 0.29) is 16.4 Å². The summed E-state index contributed by atoms with van der Waals surface area (Å²) < 4.78 is 58.5. The first-order valence-corrected chi connectivity index (χ1v) is 10.0. The van der Waals surface area contributed by atoms with Crippen LogP contribution in [0, 0.1) is 23.0 Å². The van der Waals surface area contributed by atoms with Gasteiger partial charge in [-0.1, -0.05) is 12.5 Å². The Hall–Kier alpha value is -2.77. The van der Waals surface area contributed by atoms with Gasteiger partial charge >= 0.3 is 0 Å². The zero-order valence-corrected chi connectivity index (χ0v) is 15.5. The number of halogens is 2. The number of nitrogens with zero attached hydrogens (tertiary/aromatic N) is 2. The highest BCUT2D eigenvalue weighted by atomic mass is 32.2. The molecule has 1 aromatic heterocycles. The van der Waals surface area contributed by atoms with E-state index in [1.807, 2.05) is 0 Å². The summed E-state index contributed by atoms with van der Waals surface area (Å²) in [6.07, 6.45) is 2.45. The normalized spacial score (nSPS) is 16.3. The highest BCUT2D eigenvalue weighted by molar-refractivity contribution is 7.89. The topological polar surface area (TPSA) is 103 Å². The van der Waals surface area contributed by atoms with Crippen molar-refractivity contribution in [3.05, 3.63) is 53.3 Å². The van der Waals surface area contributed by atoms with E-state index in [1.165, 1.54) is 16.4 Å². The standard InChI is InChI=1S/C18H17F2N3O4S/c19-12-4-5-13(14(20)10-12)15(11-21)22-18(24)16-6-7-17(27-16)28(25,26)23-8-2-1-3-9-23/h4-7,10,15H,1-3,8-9H2,(H,22,24). The van der Waals surface area contributed by atoms with Crippen molar-refractivity contribution < 1.29 is 26.4 Å². The van der Waals surface area contributed by atoms with Gasteiger partial charge < -0.3 is 9.73 Å². The van der Waals surface area contributed by atoms with Crippen LogP contribution in [0.1, 0.15) is 41.4 Å². The Balaban J connectivity index is 1.77. The van der Waals surface area contributed by atoms with Crippen molar-refractivity contribution in [2.24, 2.45) is 0 Å². The Morgan fingerprint density at radius 3 is 2.54 bits per heavy atom. The number of amides is 1. The largest absolute Gasteiger partial charge is 0.438 e. The lowest BCUT2D eigenvalue weighted by Gasteiger charge is -2.24. The Bertz CT molecular complexity index is 1020. The molecule has 1 unspecified atom stereocenters. The lowest BCUT2D eigenvalue weighted by molar-refractivity contribution is 0.0911. The molecule has 0 saturated carbocycles. The average Bonchev–Trinajstić information content (AvgIpc) is 3.18. The number of rotatable bonds is 5. The predicted molar refractivity (Wildman–Crippen MR) is 93.5 cm³/mol. The molecule has 1 fully saturated rings. The van der Waals surface area contributed by atoms with Crippen LogP contribution in [0.4, 0.5) is 8.78 Å². The van der Waals surface area contributed by atoms with Crippen LogP contribution in [0.2, 0.25) is 0 Å². The van der Waals surface area contributed by atoms with Gasteiger partial charge in [-0.05, 0) is 31.0 Å². The van der Waals surface area contributed by atoms with Gasteiger partial charge in [0.25, 0.3) is 15.9 Å². The van der Waals surface area contributed by atoms with Crippen LogP contribution < -0.4 is 5.32 Å². The predicted octanol–water partition coefficient (Wildman–Crippen LogP) is 2.73. The van der Waals surface area contributed by atoms with Crippen molar-refractivity contribution in [1.29, 1.82) is 5.26 Å². The first kappa shape index (κ1) is 20.0. The first-order chi connectivity index (χ1) is 13.3. The molecule has 1 amide bonds. The Morgan fingerprint density at radius 2 is 1.89 bits per heavy atom. The van der Waals surface area contributed by atoms with E-state index in [4.69, 9.17) is 4.42 Å².